The second-order valence-corrected chi connectivity index (χ2v) is 6.27. The molecule has 0 atom stereocenters. The molecular formula is C18H26FN3O2. The molecule has 0 heterocycles. The van der Waals surface area contributed by atoms with Gasteiger partial charge in [0.1, 0.15) is 5.82 Å². The van der Waals surface area contributed by atoms with E-state index in [1.807, 2.05) is 0 Å². The van der Waals surface area contributed by atoms with Crippen molar-refractivity contribution in [1.82, 2.24) is 15.5 Å². The Morgan fingerprint density at radius 2 is 1.79 bits per heavy atom. The Morgan fingerprint density at radius 1 is 1.12 bits per heavy atom. The van der Waals surface area contributed by atoms with Crippen LogP contribution in [0.3, 0.4) is 0 Å². The lowest BCUT2D eigenvalue weighted by Gasteiger charge is -2.34. The zero-order chi connectivity index (χ0) is 17.4. The molecule has 132 valence electrons. The van der Waals surface area contributed by atoms with E-state index in [2.05, 4.69) is 15.5 Å². The van der Waals surface area contributed by atoms with Gasteiger partial charge in [0.15, 0.2) is 0 Å². The number of nitrogens with one attached hydrogen (secondary N) is 2. The Hall–Kier alpha value is -1.95. The fourth-order valence-corrected chi connectivity index (χ4v) is 3.09. The summed E-state index contributed by atoms with van der Waals surface area (Å²) in [6, 6.07) is 6.76. The lowest BCUT2D eigenvalue weighted by atomic mass is 9.93. The zero-order valence-corrected chi connectivity index (χ0v) is 14.2. The van der Waals surface area contributed by atoms with Gasteiger partial charge < -0.3 is 10.6 Å². The van der Waals surface area contributed by atoms with E-state index >= 15 is 0 Å². The maximum Gasteiger partial charge on any atom is 0.239 e. The molecule has 2 N–H and O–H groups in total. The van der Waals surface area contributed by atoms with Crippen LogP contribution in [0.1, 0.15) is 37.7 Å². The van der Waals surface area contributed by atoms with E-state index < -0.39 is 0 Å². The summed E-state index contributed by atoms with van der Waals surface area (Å²) in [5.41, 5.74) is 0.987. The highest BCUT2D eigenvalue weighted by molar-refractivity contribution is 5.85. The number of hydrogen-bond donors (Lipinski definition) is 2. The number of rotatable bonds is 7. The molecule has 0 unspecified atom stereocenters. The highest BCUT2D eigenvalue weighted by atomic mass is 19.1. The average Bonchev–Trinajstić information content (AvgIpc) is 2.61. The van der Waals surface area contributed by atoms with Crippen LogP contribution in [0.15, 0.2) is 24.3 Å². The molecule has 0 aromatic heterocycles. The predicted molar refractivity (Wildman–Crippen MR) is 90.8 cm³/mol. The zero-order valence-electron chi connectivity index (χ0n) is 14.2. The van der Waals surface area contributed by atoms with Crippen LogP contribution < -0.4 is 10.6 Å². The van der Waals surface area contributed by atoms with E-state index in [9.17, 15) is 14.0 Å². The number of carbonyl (C=O) groups excluding carboxylic acids is 2. The van der Waals surface area contributed by atoms with Crippen molar-refractivity contribution < 1.29 is 14.0 Å². The van der Waals surface area contributed by atoms with Crippen molar-refractivity contribution >= 4 is 11.8 Å². The van der Waals surface area contributed by atoms with E-state index in [0.717, 1.165) is 18.4 Å². The van der Waals surface area contributed by atoms with Gasteiger partial charge in [-0.1, -0.05) is 31.4 Å². The molecule has 1 saturated carbocycles. The Bertz CT molecular complexity index is 542. The fourth-order valence-electron chi connectivity index (χ4n) is 3.09. The van der Waals surface area contributed by atoms with Crippen molar-refractivity contribution in [2.24, 2.45) is 0 Å². The van der Waals surface area contributed by atoms with Crippen LogP contribution in [0, 0.1) is 5.82 Å². The molecule has 5 nitrogen and oxygen atoms in total. The summed E-state index contributed by atoms with van der Waals surface area (Å²) in [6.45, 7) is 0.849. The number of amides is 2. The first-order valence-corrected chi connectivity index (χ1v) is 8.54. The number of nitrogens with zero attached hydrogens (tertiary/aromatic N) is 1. The molecule has 1 aromatic rings. The molecule has 0 aliphatic heterocycles. The third-order valence-corrected chi connectivity index (χ3v) is 4.46. The summed E-state index contributed by atoms with van der Waals surface area (Å²) in [6.07, 6.45) is 5.73. The summed E-state index contributed by atoms with van der Waals surface area (Å²) in [7, 11) is 1.54. The summed E-state index contributed by atoms with van der Waals surface area (Å²) < 4.78 is 13.1. The van der Waals surface area contributed by atoms with Gasteiger partial charge >= 0.3 is 0 Å². The molecule has 0 radical (unpaired) electrons. The van der Waals surface area contributed by atoms with Crippen LogP contribution in [-0.4, -0.2) is 42.9 Å². The second-order valence-electron chi connectivity index (χ2n) is 6.27. The van der Waals surface area contributed by atoms with Gasteiger partial charge in [0, 0.05) is 19.6 Å². The molecule has 0 saturated heterocycles. The molecule has 1 fully saturated rings. The molecule has 6 heteroatoms. The van der Waals surface area contributed by atoms with Gasteiger partial charge in [-0.15, -0.1) is 0 Å². The van der Waals surface area contributed by atoms with Crippen LogP contribution in [0.5, 0.6) is 0 Å². The molecule has 1 aliphatic carbocycles. The Kier molecular flexibility index (Phi) is 7.18. The quantitative estimate of drug-likeness (QED) is 0.799. The van der Waals surface area contributed by atoms with Crippen LogP contribution in [0.4, 0.5) is 4.39 Å². The Morgan fingerprint density at radius 3 is 2.42 bits per heavy atom. The van der Waals surface area contributed by atoms with Crippen LogP contribution >= 0.6 is 0 Å². The fraction of sp³-hybridized carbons (Fsp3) is 0.556. The van der Waals surface area contributed by atoms with Crippen LogP contribution in [0.2, 0.25) is 0 Å². The molecule has 24 heavy (non-hydrogen) atoms. The van der Waals surface area contributed by atoms with Gasteiger partial charge in [-0.2, -0.15) is 0 Å². The lowest BCUT2D eigenvalue weighted by Crippen LogP contribution is -2.45. The third-order valence-electron chi connectivity index (χ3n) is 4.46. The van der Waals surface area contributed by atoms with Gasteiger partial charge in [-0.3, -0.25) is 14.5 Å². The third kappa shape index (κ3) is 5.92. The molecular weight excluding hydrogens is 309 g/mol. The first-order valence-electron chi connectivity index (χ1n) is 8.54. The Balaban J connectivity index is 1.97. The van der Waals surface area contributed by atoms with Crippen LogP contribution in [0.25, 0.3) is 0 Å². The van der Waals surface area contributed by atoms with Crippen molar-refractivity contribution in [2.75, 3.05) is 20.1 Å². The molecule has 2 amide bonds. The highest BCUT2D eigenvalue weighted by Gasteiger charge is 2.23. The highest BCUT2D eigenvalue weighted by Crippen LogP contribution is 2.24. The smallest absolute Gasteiger partial charge is 0.239 e. The predicted octanol–water partition coefficient (Wildman–Crippen LogP) is 1.82. The number of carbonyl (C=O) groups is 2. The minimum absolute atomic E-state index is 0.00954. The van der Waals surface area contributed by atoms with E-state index in [1.54, 1.807) is 12.1 Å². The van der Waals surface area contributed by atoms with Gasteiger partial charge in [0.25, 0.3) is 0 Å². The second kappa shape index (κ2) is 9.37. The molecule has 1 aromatic carbocycles. The average molecular weight is 335 g/mol. The number of benzene rings is 1. The number of likely N-dealkylation sites (N-methyl/N-ethyl adjacent to an activating group) is 1. The van der Waals surface area contributed by atoms with Crippen molar-refractivity contribution in [2.45, 2.75) is 44.7 Å². The molecule has 0 spiro atoms. The van der Waals surface area contributed by atoms with Gasteiger partial charge in [0.2, 0.25) is 11.8 Å². The van der Waals surface area contributed by atoms with Crippen molar-refractivity contribution in [3.63, 3.8) is 0 Å². The first-order chi connectivity index (χ1) is 11.6. The van der Waals surface area contributed by atoms with Gasteiger partial charge in [-0.05, 0) is 30.5 Å². The van der Waals surface area contributed by atoms with E-state index in [-0.39, 0.29) is 30.7 Å². The minimum atomic E-state index is -0.258. The summed E-state index contributed by atoms with van der Waals surface area (Å²) >= 11 is 0. The van der Waals surface area contributed by atoms with Gasteiger partial charge in [0.05, 0.1) is 13.1 Å². The number of hydrogen-bond acceptors (Lipinski definition) is 3. The maximum atomic E-state index is 13.1. The maximum absolute atomic E-state index is 13.1. The molecule has 2 rings (SSSR count). The lowest BCUT2D eigenvalue weighted by molar-refractivity contribution is -0.127. The number of halogens is 1. The first kappa shape index (κ1) is 18.4. The topological polar surface area (TPSA) is 61.4 Å². The molecule has 0 bridgehead atoms. The Labute approximate surface area is 142 Å². The largest absolute Gasteiger partial charge is 0.358 e. The van der Waals surface area contributed by atoms with Crippen molar-refractivity contribution in [3.8, 4) is 0 Å². The van der Waals surface area contributed by atoms with E-state index in [0.29, 0.717) is 12.6 Å². The van der Waals surface area contributed by atoms with E-state index in [1.165, 1.54) is 38.4 Å². The summed E-state index contributed by atoms with van der Waals surface area (Å²) in [5, 5.41) is 5.12. The van der Waals surface area contributed by atoms with Crippen molar-refractivity contribution in [3.05, 3.63) is 35.6 Å². The SMILES string of the molecule is CNC(=O)CNC(=O)CN(Cc1ccc(F)cc1)C1CCCCC1. The standard InChI is InChI=1S/C18H26FN3O2/c1-20-17(23)11-21-18(24)13-22(16-5-3-2-4-6-16)12-14-7-9-15(19)10-8-14/h7-10,16H,2-6,11-13H2,1H3,(H,20,23)(H,21,24). The normalized spacial score (nSPS) is 15.3. The van der Waals surface area contributed by atoms with Crippen molar-refractivity contribution in [1.29, 1.82) is 0 Å². The minimum Gasteiger partial charge on any atom is -0.358 e. The monoisotopic (exact) mass is 335 g/mol. The van der Waals surface area contributed by atoms with Crippen LogP contribution in [-0.2, 0) is 16.1 Å². The summed E-state index contributed by atoms with van der Waals surface area (Å²) in [4.78, 5) is 25.6. The van der Waals surface area contributed by atoms with E-state index in [4.69, 9.17) is 0 Å². The van der Waals surface area contributed by atoms with Gasteiger partial charge in [-0.25, -0.2) is 4.39 Å². The molecule has 1 aliphatic rings. The summed E-state index contributed by atoms with van der Waals surface area (Å²) in [5.74, 6) is -0.635.